The molecule has 4 aromatic rings. The molecule has 0 aliphatic carbocycles. The van der Waals surface area contributed by atoms with Gasteiger partial charge in [0, 0.05) is 37.2 Å². The summed E-state index contributed by atoms with van der Waals surface area (Å²) in [7, 11) is 3.48. The highest BCUT2D eigenvalue weighted by Crippen LogP contribution is 2.41. The highest BCUT2D eigenvalue weighted by Gasteiger charge is 2.15. The van der Waals surface area contributed by atoms with Crippen molar-refractivity contribution in [3.63, 3.8) is 0 Å². The fourth-order valence-electron chi connectivity index (χ4n) is 4.87. The smallest absolute Gasteiger partial charge is 0.253 e. The summed E-state index contributed by atoms with van der Waals surface area (Å²) in [6.07, 6.45) is 3.89. The second kappa shape index (κ2) is 12.9. The number of carbonyl (C=O) groups excluding carboxylic acids is 1. The number of phenolic OH excluding ortho intramolecular Hbond substituents is 1. The first kappa shape index (κ1) is 28.3. The molecule has 0 unspecified atom stereocenters. The van der Waals surface area contributed by atoms with Crippen LogP contribution in [-0.4, -0.2) is 61.2 Å². The van der Waals surface area contributed by atoms with Crippen LogP contribution in [0.25, 0.3) is 21.9 Å². The van der Waals surface area contributed by atoms with Crippen LogP contribution in [-0.2, 0) is 0 Å². The zero-order valence-electron chi connectivity index (χ0n) is 22.4. The van der Waals surface area contributed by atoms with E-state index >= 15 is 0 Å². The normalized spacial score (nSPS) is 13.5. The fourth-order valence-corrected chi connectivity index (χ4v) is 4.87. The first-order valence-corrected chi connectivity index (χ1v) is 13.2. The van der Waals surface area contributed by atoms with Gasteiger partial charge in [-0.3, -0.25) is 9.69 Å². The Labute approximate surface area is 236 Å². The van der Waals surface area contributed by atoms with Crippen LogP contribution in [0.1, 0.15) is 29.6 Å². The number of rotatable bonds is 8. The van der Waals surface area contributed by atoms with Crippen molar-refractivity contribution in [2.24, 2.45) is 0 Å². The predicted octanol–water partition coefficient (Wildman–Crippen LogP) is 6.99. The number of piperidine rings is 1. The van der Waals surface area contributed by atoms with E-state index in [1.807, 2.05) is 66.7 Å². The maximum atomic E-state index is 12.3. The number of carbonyl (C=O) groups is 1. The van der Waals surface area contributed by atoms with Crippen molar-refractivity contribution in [2.75, 3.05) is 40.3 Å². The lowest BCUT2D eigenvalue weighted by molar-refractivity contribution is 0.0827. The third-order valence-corrected chi connectivity index (χ3v) is 6.97. The highest BCUT2D eigenvalue weighted by atomic mass is 35.5. The average Bonchev–Trinajstić information content (AvgIpc) is 2.94. The Morgan fingerprint density at radius 3 is 2.26 bits per heavy atom. The van der Waals surface area contributed by atoms with E-state index < -0.39 is 0 Å². The first-order chi connectivity index (χ1) is 18.5. The average molecular weight is 547 g/mol. The molecule has 1 fully saturated rings. The molecule has 39 heavy (non-hydrogen) atoms. The second-order valence-corrected chi connectivity index (χ2v) is 9.95. The number of aromatic hydroxyl groups is 1. The molecule has 4 aromatic carbocycles. The molecule has 6 nitrogen and oxygen atoms in total. The molecule has 1 aliphatic heterocycles. The number of likely N-dealkylation sites (tertiary alicyclic amines) is 1. The summed E-state index contributed by atoms with van der Waals surface area (Å²) in [6.45, 7) is 3.94. The molecule has 1 N–H and O–H groups in total. The van der Waals surface area contributed by atoms with Gasteiger partial charge in [-0.05, 0) is 97.5 Å². The number of hydrogen-bond donors (Lipinski definition) is 1. The summed E-state index contributed by atoms with van der Waals surface area (Å²) in [5, 5.41) is 11.8. The van der Waals surface area contributed by atoms with Gasteiger partial charge in [0.15, 0.2) is 0 Å². The van der Waals surface area contributed by atoms with Crippen molar-refractivity contribution in [3.05, 3.63) is 84.4 Å². The van der Waals surface area contributed by atoms with Crippen molar-refractivity contribution < 1.29 is 19.4 Å². The SMILES string of the molecule is CN(C)C(=O)c1ccc(-c2ccc3cc(O)ccc3c2Oc2ccc(OCCN3CCCCC3)cc2)cc1.Cl. The Kier molecular flexibility index (Phi) is 9.33. The van der Waals surface area contributed by atoms with Gasteiger partial charge in [0.25, 0.3) is 5.91 Å². The zero-order valence-corrected chi connectivity index (χ0v) is 23.2. The monoisotopic (exact) mass is 546 g/mol. The van der Waals surface area contributed by atoms with Crippen molar-refractivity contribution >= 4 is 29.1 Å². The van der Waals surface area contributed by atoms with Gasteiger partial charge < -0.3 is 19.5 Å². The zero-order chi connectivity index (χ0) is 26.5. The van der Waals surface area contributed by atoms with E-state index in [9.17, 15) is 9.90 Å². The van der Waals surface area contributed by atoms with Crippen molar-refractivity contribution in [3.8, 4) is 34.1 Å². The van der Waals surface area contributed by atoms with Crippen molar-refractivity contribution in [1.82, 2.24) is 9.80 Å². The van der Waals surface area contributed by atoms with Crippen LogP contribution < -0.4 is 9.47 Å². The summed E-state index contributed by atoms with van der Waals surface area (Å²) in [5.41, 5.74) is 2.46. The van der Waals surface area contributed by atoms with Crippen LogP contribution in [0.15, 0.2) is 78.9 Å². The lowest BCUT2D eigenvalue weighted by Crippen LogP contribution is -2.33. The number of nitrogens with zero attached hydrogens (tertiary/aromatic N) is 2. The lowest BCUT2D eigenvalue weighted by Gasteiger charge is -2.26. The molecule has 0 aromatic heterocycles. The van der Waals surface area contributed by atoms with E-state index in [1.165, 1.54) is 19.3 Å². The van der Waals surface area contributed by atoms with Gasteiger partial charge >= 0.3 is 0 Å². The standard InChI is InChI=1S/C32H34N2O4.ClH/c1-33(2)32(36)24-8-6-23(7-9-24)29-16-10-25-22-26(35)11-17-30(25)31(29)38-28-14-12-27(13-15-28)37-21-20-34-18-4-3-5-19-34;/h6-17,22,35H,3-5,18-21H2,1-2H3;1H. The summed E-state index contributed by atoms with van der Waals surface area (Å²) in [4.78, 5) is 16.4. The van der Waals surface area contributed by atoms with Gasteiger partial charge in [-0.15, -0.1) is 12.4 Å². The number of amides is 1. The van der Waals surface area contributed by atoms with Crippen molar-refractivity contribution in [1.29, 1.82) is 0 Å². The predicted molar refractivity (Wildman–Crippen MR) is 159 cm³/mol. The summed E-state index contributed by atoms with van der Waals surface area (Å²) >= 11 is 0. The van der Waals surface area contributed by atoms with E-state index in [-0.39, 0.29) is 24.1 Å². The second-order valence-electron chi connectivity index (χ2n) is 9.95. The van der Waals surface area contributed by atoms with Gasteiger partial charge in [-0.2, -0.15) is 0 Å². The van der Waals surface area contributed by atoms with Crippen LogP contribution in [0.4, 0.5) is 0 Å². The maximum Gasteiger partial charge on any atom is 0.253 e. The Bertz CT molecular complexity index is 1400. The number of ether oxygens (including phenoxy) is 2. The molecule has 1 amide bonds. The number of benzene rings is 4. The minimum Gasteiger partial charge on any atom is -0.508 e. The third-order valence-electron chi connectivity index (χ3n) is 6.97. The van der Waals surface area contributed by atoms with Crippen LogP contribution in [0.2, 0.25) is 0 Å². The highest BCUT2D eigenvalue weighted by molar-refractivity contribution is 5.97. The number of hydrogen-bond acceptors (Lipinski definition) is 5. The van der Waals surface area contributed by atoms with Crippen LogP contribution in [0.5, 0.6) is 23.0 Å². The largest absolute Gasteiger partial charge is 0.508 e. The summed E-state index contributed by atoms with van der Waals surface area (Å²) < 4.78 is 12.4. The Hall–Kier alpha value is -3.74. The van der Waals surface area contributed by atoms with E-state index in [2.05, 4.69) is 4.90 Å². The molecule has 1 aliphatic rings. The Balaban J connectivity index is 0.00000353. The van der Waals surface area contributed by atoms with Crippen LogP contribution in [0.3, 0.4) is 0 Å². The lowest BCUT2D eigenvalue weighted by atomic mass is 9.98. The summed E-state index contributed by atoms with van der Waals surface area (Å²) in [6, 6.07) is 24.4. The molecule has 0 atom stereocenters. The maximum absolute atomic E-state index is 12.3. The molecular formula is C32H35ClN2O4. The molecule has 0 spiro atoms. The van der Waals surface area contributed by atoms with Crippen LogP contribution in [0, 0.1) is 0 Å². The summed E-state index contributed by atoms with van der Waals surface area (Å²) in [5.74, 6) is 2.36. The molecule has 1 heterocycles. The number of phenols is 1. The molecule has 7 heteroatoms. The molecule has 0 bridgehead atoms. The van der Waals surface area contributed by atoms with Gasteiger partial charge in [0.1, 0.15) is 29.6 Å². The van der Waals surface area contributed by atoms with E-state index in [0.717, 1.165) is 47.3 Å². The van der Waals surface area contributed by atoms with E-state index in [4.69, 9.17) is 9.47 Å². The fraction of sp³-hybridized carbons (Fsp3) is 0.281. The molecule has 5 rings (SSSR count). The molecule has 204 valence electrons. The molecule has 0 saturated carbocycles. The quantitative estimate of drug-likeness (QED) is 0.258. The Morgan fingerprint density at radius 1 is 0.872 bits per heavy atom. The minimum atomic E-state index is -0.0414. The van der Waals surface area contributed by atoms with Crippen LogP contribution >= 0.6 is 12.4 Å². The Morgan fingerprint density at radius 2 is 1.56 bits per heavy atom. The minimum absolute atomic E-state index is 0. The van der Waals surface area contributed by atoms with Gasteiger partial charge in [-0.25, -0.2) is 0 Å². The van der Waals surface area contributed by atoms with Gasteiger partial charge in [0.05, 0.1) is 0 Å². The molecular weight excluding hydrogens is 512 g/mol. The first-order valence-electron chi connectivity index (χ1n) is 13.2. The topological polar surface area (TPSA) is 62.2 Å². The van der Waals surface area contributed by atoms with Gasteiger partial charge in [0.2, 0.25) is 0 Å². The van der Waals surface area contributed by atoms with E-state index in [0.29, 0.717) is 23.7 Å². The molecule has 1 saturated heterocycles. The number of halogens is 1. The van der Waals surface area contributed by atoms with Gasteiger partial charge in [-0.1, -0.05) is 24.6 Å². The van der Waals surface area contributed by atoms with Crippen molar-refractivity contribution in [2.45, 2.75) is 19.3 Å². The number of fused-ring (bicyclic) bond motifs is 1. The third kappa shape index (κ3) is 6.83. The van der Waals surface area contributed by atoms with E-state index in [1.54, 1.807) is 31.1 Å². The molecule has 0 radical (unpaired) electrons.